The molecule has 0 bridgehead atoms. The first-order chi connectivity index (χ1) is 30.0. The summed E-state index contributed by atoms with van der Waals surface area (Å²) in [4.78, 5) is 93.9. The van der Waals surface area contributed by atoms with Gasteiger partial charge in [0.15, 0.2) is 5.96 Å². The third-order valence-corrected chi connectivity index (χ3v) is 12.3. The maximum absolute atomic E-state index is 14.5. The maximum Gasteiger partial charge on any atom is 0.245 e. The molecule has 0 radical (unpaired) electrons. The van der Waals surface area contributed by atoms with E-state index in [1.54, 1.807) is 6.20 Å². The normalized spacial score (nSPS) is 24.1. The van der Waals surface area contributed by atoms with Gasteiger partial charge in [-0.3, -0.25) is 33.8 Å². The molecule has 3 fully saturated rings. The second-order valence-electron chi connectivity index (χ2n) is 16.9. The van der Waals surface area contributed by atoms with Crippen molar-refractivity contribution in [1.82, 2.24) is 36.5 Å². The van der Waals surface area contributed by atoms with Gasteiger partial charge in [-0.15, -0.1) is 0 Å². The minimum absolute atomic E-state index is 0.0983. The Morgan fingerprint density at radius 1 is 0.790 bits per heavy atom. The van der Waals surface area contributed by atoms with Crippen LogP contribution in [-0.2, 0) is 41.6 Å². The van der Waals surface area contributed by atoms with Gasteiger partial charge in [-0.25, -0.2) is 0 Å². The second-order valence-corrected chi connectivity index (χ2v) is 16.9. The molecule has 6 atom stereocenters. The molecule has 2 aliphatic heterocycles. The number of nitrogens with two attached hydrogens (primary N) is 3. The van der Waals surface area contributed by atoms with Crippen molar-refractivity contribution in [3.05, 3.63) is 71.9 Å². The lowest BCUT2D eigenvalue weighted by atomic mass is 9.84. The zero-order chi connectivity index (χ0) is 44.0. The number of nitrogens with one attached hydrogen (secondary N) is 6. The van der Waals surface area contributed by atoms with Crippen LogP contribution in [0, 0.1) is 5.92 Å². The van der Waals surface area contributed by atoms with Crippen molar-refractivity contribution in [2.24, 2.45) is 28.1 Å². The number of hydrogen-bond acceptors (Lipinski definition) is 8. The molecular formula is C45H63N11O6. The van der Waals surface area contributed by atoms with Gasteiger partial charge in [0.05, 0.1) is 6.04 Å². The van der Waals surface area contributed by atoms with E-state index in [1.807, 2.05) is 54.6 Å². The number of benzene rings is 2. The Balaban J connectivity index is 1.30. The van der Waals surface area contributed by atoms with Crippen LogP contribution in [0.2, 0.25) is 0 Å². The zero-order valence-electron chi connectivity index (χ0n) is 35.4. The molecule has 17 heteroatoms. The van der Waals surface area contributed by atoms with Crippen molar-refractivity contribution in [2.75, 3.05) is 19.6 Å². The molecule has 334 valence electrons. The molecule has 6 amide bonds. The van der Waals surface area contributed by atoms with Crippen LogP contribution in [0.1, 0.15) is 88.2 Å². The Hall–Kier alpha value is -5.97. The maximum atomic E-state index is 14.5. The van der Waals surface area contributed by atoms with Crippen LogP contribution in [0.15, 0.2) is 65.8 Å². The van der Waals surface area contributed by atoms with Gasteiger partial charge < -0.3 is 53.7 Å². The summed E-state index contributed by atoms with van der Waals surface area (Å²) >= 11 is 0. The number of guanidine groups is 1. The standard InChI is InChI=1S/C45H63N11O6/c46-32(24-28-12-3-1-4-13-28)39(57)53-35-19-10-21-49-40(58)34(18-9-22-50-45(47)48)52-42(60)37(26-30-27-51-33-17-8-7-16-31(30)33)54-41(59)36(25-29-14-5-2-6-15-29)55-43(61)38-20-11-23-56(38)44(35)62/h1,3-4,7-8,12-13,16-17,27,29,32,34-38,51H,2,5-6,9-11,14-15,18-26,46H2,(H,49,58)(H,52,60)(H,53,57)(H,54,59)(H,55,61)(H4,47,48,50)/t32-,34+,35-,36+,37-,38-/m0/s1. The Bertz CT molecular complexity index is 2050. The van der Waals surface area contributed by atoms with E-state index >= 15 is 0 Å². The molecule has 1 aliphatic carbocycles. The van der Waals surface area contributed by atoms with E-state index in [0.29, 0.717) is 25.7 Å². The number of aromatic nitrogens is 1. The molecule has 3 aliphatic rings. The van der Waals surface area contributed by atoms with E-state index in [4.69, 9.17) is 17.2 Å². The zero-order valence-corrected chi connectivity index (χ0v) is 35.4. The highest BCUT2D eigenvalue weighted by Crippen LogP contribution is 2.28. The Morgan fingerprint density at radius 3 is 2.27 bits per heavy atom. The predicted molar refractivity (Wildman–Crippen MR) is 236 cm³/mol. The number of rotatable bonds is 12. The van der Waals surface area contributed by atoms with Crippen LogP contribution in [0.3, 0.4) is 0 Å². The fraction of sp³-hybridized carbons (Fsp3) is 0.533. The first-order valence-electron chi connectivity index (χ1n) is 22.2. The third kappa shape index (κ3) is 12.6. The molecule has 17 nitrogen and oxygen atoms in total. The Morgan fingerprint density at radius 2 is 1.50 bits per heavy atom. The van der Waals surface area contributed by atoms with Gasteiger partial charge in [0.25, 0.3) is 0 Å². The number of nitrogens with zero attached hydrogens (tertiary/aromatic N) is 2. The molecular weight excluding hydrogens is 791 g/mol. The van der Waals surface area contributed by atoms with Crippen LogP contribution < -0.4 is 43.8 Å². The molecule has 2 aromatic carbocycles. The van der Waals surface area contributed by atoms with Crippen LogP contribution in [0.25, 0.3) is 10.9 Å². The van der Waals surface area contributed by atoms with Crippen LogP contribution in [0.4, 0.5) is 0 Å². The molecule has 1 saturated carbocycles. The summed E-state index contributed by atoms with van der Waals surface area (Å²) in [5.41, 5.74) is 19.9. The summed E-state index contributed by atoms with van der Waals surface area (Å²) in [5, 5.41) is 15.5. The van der Waals surface area contributed by atoms with E-state index in [1.165, 1.54) is 4.90 Å². The van der Waals surface area contributed by atoms with E-state index in [-0.39, 0.29) is 63.6 Å². The number of H-pyrrole nitrogens is 1. The fourth-order valence-corrected chi connectivity index (χ4v) is 8.94. The second kappa shape index (κ2) is 22.2. The van der Waals surface area contributed by atoms with Crippen molar-refractivity contribution in [1.29, 1.82) is 0 Å². The summed E-state index contributed by atoms with van der Waals surface area (Å²) < 4.78 is 0. The van der Waals surface area contributed by atoms with Gasteiger partial charge in [0.1, 0.15) is 30.2 Å². The molecule has 62 heavy (non-hydrogen) atoms. The van der Waals surface area contributed by atoms with Gasteiger partial charge >= 0.3 is 0 Å². The SMILES string of the molecule is NC(N)=NCCC[C@H]1NC(=O)[C@H](Cc2c[nH]c3ccccc23)NC(=O)[C@@H](CC2CCCCC2)NC(=O)[C@@H]2CCCN2C(=O)[C@@H](NC(=O)[C@@H](N)Cc2ccccc2)CCCNC1=O. The summed E-state index contributed by atoms with van der Waals surface area (Å²) in [5.74, 6) is -2.94. The quantitative estimate of drug-likeness (QED) is 0.0718. The van der Waals surface area contributed by atoms with Crippen LogP contribution in [-0.4, -0.2) is 107 Å². The van der Waals surface area contributed by atoms with Gasteiger partial charge in [-0.1, -0.05) is 80.6 Å². The number of carbonyl (C=O) groups is 6. The lowest BCUT2D eigenvalue weighted by molar-refractivity contribution is -0.142. The number of hydrogen-bond donors (Lipinski definition) is 9. The van der Waals surface area contributed by atoms with Gasteiger partial charge in [-0.2, -0.15) is 0 Å². The van der Waals surface area contributed by atoms with Crippen LogP contribution in [0.5, 0.6) is 0 Å². The molecule has 6 rings (SSSR count). The minimum Gasteiger partial charge on any atom is -0.370 e. The van der Waals surface area contributed by atoms with Gasteiger partial charge in [-0.05, 0) is 74.5 Å². The van der Waals surface area contributed by atoms with Crippen LogP contribution >= 0.6 is 0 Å². The monoisotopic (exact) mass is 853 g/mol. The Kier molecular flexibility index (Phi) is 16.3. The third-order valence-electron chi connectivity index (χ3n) is 12.3. The van der Waals surface area contributed by atoms with E-state index in [2.05, 4.69) is 36.6 Å². The van der Waals surface area contributed by atoms with Crippen molar-refractivity contribution < 1.29 is 28.8 Å². The average Bonchev–Trinajstić information content (AvgIpc) is 3.93. The van der Waals surface area contributed by atoms with E-state index < -0.39 is 71.7 Å². The molecule has 12 N–H and O–H groups in total. The molecule has 0 unspecified atom stereocenters. The largest absolute Gasteiger partial charge is 0.370 e. The molecule has 2 saturated heterocycles. The topological polar surface area (TPSA) is 272 Å². The fourth-order valence-electron chi connectivity index (χ4n) is 8.94. The number of aliphatic imine (C=N–C) groups is 1. The number of carbonyl (C=O) groups excluding carboxylic acids is 6. The smallest absolute Gasteiger partial charge is 0.245 e. The molecule has 3 aromatic rings. The van der Waals surface area contributed by atoms with Gasteiger partial charge in [0.2, 0.25) is 35.4 Å². The van der Waals surface area contributed by atoms with E-state index in [9.17, 15) is 28.8 Å². The summed E-state index contributed by atoms with van der Waals surface area (Å²) in [6.07, 6.45) is 9.29. The van der Waals surface area contributed by atoms with E-state index in [0.717, 1.165) is 54.1 Å². The number of amides is 6. The highest BCUT2D eigenvalue weighted by Gasteiger charge is 2.40. The summed E-state index contributed by atoms with van der Waals surface area (Å²) in [6.45, 7) is 0.606. The van der Waals surface area contributed by atoms with Crippen molar-refractivity contribution in [3.63, 3.8) is 0 Å². The highest BCUT2D eigenvalue weighted by atomic mass is 16.2. The number of fused-ring (bicyclic) bond motifs is 2. The average molecular weight is 854 g/mol. The van der Waals surface area contributed by atoms with Gasteiger partial charge in [0, 0.05) is 43.2 Å². The number of para-hydroxylation sites is 1. The lowest BCUT2D eigenvalue weighted by Gasteiger charge is -2.32. The molecule has 0 spiro atoms. The molecule has 1 aromatic heterocycles. The van der Waals surface area contributed by atoms with Crippen molar-refractivity contribution in [2.45, 2.75) is 126 Å². The highest BCUT2D eigenvalue weighted by molar-refractivity contribution is 5.97. The summed E-state index contributed by atoms with van der Waals surface area (Å²) in [7, 11) is 0. The minimum atomic E-state index is -1.12. The first-order valence-corrected chi connectivity index (χ1v) is 22.2. The summed E-state index contributed by atoms with van der Waals surface area (Å²) in [6, 6.07) is 10.9. The number of aromatic amines is 1. The molecule has 3 heterocycles. The Labute approximate surface area is 362 Å². The van der Waals surface area contributed by atoms with Crippen molar-refractivity contribution in [3.8, 4) is 0 Å². The predicted octanol–water partition coefficient (Wildman–Crippen LogP) is 1.14. The van der Waals surface area contributed by atoms with Crippen molar-refractivity contribution >= 4 is 52.3 Å². The first kappa shape index (κ1) is 45.6. The lowest BCUT2D eigenvalue weighted by Crippen LogP contribution is -2.60.